The van der Waals surface area contributed by atoms with Crippen LogP contribution in [0.15, 0.2) is 0 Å². The van der Waals surface area contributed by atoms with Crippen molar-refractivity contribution in [2.45, 2.75) is 44.5 Å². The summed E-state index contributed by atoms with van der Waals surface area (Å²) in [6.07, 6.45) is 0.124. The predicted molar refractivity (Wildman–Crippen MR) is 58.1 cm³/mol. The van der Waals surface area contributed by atoms with Crippen molar-refractivity contribution in [1.29, 1.82) is 0 Å². The number of carbonyl (C=O) groups excluding carboxylic acids is 1. The molecule has 6 nitrogen and oxygen atoms in total. The SMILES string of the molecule is CC(C)(C)OC(=O)C1CC(P(=O)(O)O)CN1. The van der Waals surface area contributed by atoms with Gasteiger partial charge in [-0.1, -0.05) is 0 Å². The molecule has 2 unspecified atom stereocenters. The monoisotopic (exact) mass is 251 g/mol. The molecule has 1 aliphatic heterocycles. The maximum absolute atomic E-state index is 11.6. The maximum Gasteiger partial charge on any atom is 0.329 e. The molecule has 1 fully saturated rings. The van der Waals surface area contributed by atoms with Crippen LogP contribution in [-0.4, -0.2) is 39.6 Å². The number of hydrogen-bond donors (Lipinski definition) is 3. The van der Waals surface area contributed by atoms with Gasteiger partial charge in [-0.3, -0.25) is 9.36 Å². The van der Waals surface area contributed by atoms with Crippen molar-refractivity contribution in [2.24, 2.45) is 0 Å². The van der Waals surface area contributed by atoms with E-state index in [1.54, 1.807) is 20.8 Å². The molecule has 16 heavy (non-hydrogen) atoms. The highest BCUT2D eigenvalue weighted by Crippen LogP contribution is 2.45. The van der Waals surface area contributed by atoms with Gasteiger partial charge in [-0.15, -0.1) is 0 Å². The van der Waals surface area contributed by atoms with Gasteiger partial charge >= 0.3 is 13.6 Å². The lowest BCUT2D eigenvalue weighted by Gasteiger charge is -2.22. The molecule has 0 aromatic rings. The lowest BCUT2D eigenvalue weighted by atomic mass is 10.2. The Morgan fingerprint density at radius 3 is 2.38 bits per heavy atom. The second-order valence-electron chi connectivity index (χ2n) is 4.97. The van der Waals surface area contributed by atoms with E-state index in [9.17, 15) is 9.36 Å². The van der Waals surface area contributed by atoms with Crippen molar-refractivity contribution in [3.8, 4) is 0 Å². The van der Waals surface area contributed by atoms with Crippen LogP contribution in [0, 0.1) is 0 Å². The minimum Gasteiger partial charge on any atom is -0.459 e. The quantitative estimate of drug-likeness (QED) is 0.480. The molecule has 2 atom stereocenters. The maximum atomic E-state index is 11.6. The van der Waals surface area contributed by atoms with Crippen molar-refractivity contribution in [2.75, 3.05) is 6.54 Å². The number of hydrogen-bond acceptors (Lipinski definition) is 4. The number of esters is 1. The zero-order valence-electron chi connectivity index (χ0n) is 9.64. The van der Waals surface area contributed by atoms with E-state index in [-0.39, 0.29) is 13.0 Å². The molecule has 0 bridgehead atoms. The van der Waals surface area contributed by atoms with Crippen molar-refractivity contribution < 1.29 is 23.9 Å². The summed E-state index contributed by atoms with van der Waals surface area (Å²) in [4.78, 5) is 29.5. The highest BCUT2D eigenvalue weighted by atomic mass is 31.2. The molecule has 7 heteroatoms. The molecule has 0 aromatic carbocycles. The van der Waals surface area contributed by atoms with E-state index in [1.165, 1.54) is 0 Å². The Balaban J connectivity index is 2.54. The third kappa shape index (κ3) is 3.87. The first-order valence-corrected chi connectivity index (χ1v) is 6.79. The Hall–Kier alpha value is -0.420. The van der Waals surface area contributed by atoms with Crippen LogP contribution in [0.2, 0.25) is 0 Å². The fourth-order valence-electron chi connectivity index (χ4n) is 1.53. The summed E-state index contributed by atoms with van der Waals surface area (Å²) in [5.41, 5.74) is -1.37. The number of ether oxygens (including phenoxy) is 1. The van der Waals surface area contributed by atoms with Crippen molar-refractivity contribution in [3.63, 3.8) is 0 Å². The van der Waals surface area contributed by atoms with Gasteiger partial charge < -0.3 is 19.8 Å². The first-order valence-electron chi connectivity index (χ1n) is 5.11. The number of carbonyl (C=O) groups is 1. The number of rotatable bonds is 2. The van der Waals surface area contributed by atoms with Crippen molar-refractivity contribution in [1.82, 2.24) is 5.32 Å². The fraction of sp³-hybridized carbons (Fsp3) is 0.889. The summed E-state index contributed by atoms with van der Waals surface area (Å²) in [5, 5.41) is 2.77. The molecule has 0 aliphatic carbocycles. The van der Waals surface area contributed by atoms with Crippen LogP contribution in [0.3, 0.4) is 0 Å². The molecule has 1 aliphatic rings. The molecule has 3 N–H and O–H groups in total. The molecule has 1 heterocycles. The fourth-order valence-corrected chi connectivity index (χ4v) is 2.35. The molecular formula is C9H18NO5P. The van der Waals surface area contributed by atoms with E-state index in [0.29, 0.717) is 0 Å². The standard InChI is InChI=1S/C9H18NO5P/c1-9(2,3)15-8(11)7-4-6(5-10-7)16(12,13)14/h6-7,10H,4-5H2,1-3H3,(H2,12,13,14). The van der Waals surface area contributed by atoms with Crippen LogP contribution < -0.4 is 5.32 Å². The van der Waals surface area contributed by atoms with Crippen LogP contribution in [0.5, 0.6) is 0 Å². The second kappa shape index (κ2) is 4.45. The molecular weight excluding hydrogens is 233 g/mol. The minimum absolute atomic E-state index is 0.124. The lowest BCUT2D eigenvalue weighted by Crippen LogP contribution is -2.37. The summed E-state index contributed by atoms with van der Waals surface area (Å²) in [6.45, 7) is 5.40. The van der Waals surface area contributed by atoms with E-state index in [0.717, 1.165) is 0 Å². The minimum atomic E-state index is -4.11. The smallest absolute Gasteiger partial charge is 0.329 e. The highest BCUT2D eigenvalue weighted by molar-refractivity contribution is 7.52. The van der Waals surface area contributed by atoms with Gasteiger partial charge in [0.15, 0.2) is 0 Å². The predicted octanol–water partition coefficient (Wildman–Crippen LogP) is 0.236. The van der Waals surface area contributed by atoms with E-state index < -0.39 is 30.9 Å². The third-order valence-electron chi connectivity index (χ3n) is 2.27. The van der Waals surface area contributed by atoms with Crippen molar-refractivity contribution in [3.05, 3.63) is 0 Å². The Kier molecular flexibility index (Phi) is 3.80. The second-order valence-corrected chi connectivity index (χ2v) is 6.88. The van der Waals surface area contributed by atoms with Crippen molar-refractivity contribution >= 4 is 13.6 Å². The van der Waals surface area contributed by atoms with Crippen LogP contribution >= 0.6 is 7.60 Å². The Labute approximate surface area is 94.5 Å². The summed E-state index contributed by atoms with van der Waals surface area (Å²) < 4.78 is 16.1. The summed E-state index contributed by atoms with van der Waals surface area (Å²) in [6, 6.07) is -0.614. The van der Waals surface area contributed by atoms with E-state index in [2.05, 4.69) is 5.32 Å². The molecule has 0 amide bonds. The first-order chi connectivity index (χ1) is 7.09. The molecule has 0 radical (unpaired) electrons. The van der Waals surface area contributed by atoms with E-state index in [4.69, 9.17) is 14.5 Å². The van der Waals surface area contributed by atoms with Crippen LogP contribution in [0.4, 0.5) is 0 Å². The summed E-state index contributed by atoms with van der Waals surface area (Å²) >= 11 is 0. The van der Waals surface area contributed by atoms with Gasteiger partial charge in [-0.05, 0) is 27.2 Å². The van der Waals surface area contributed by atoms with Gasteiger partial charge in [0.25, 0.3) is 0 Å². The summed E-state index contributed by atoms with van der Waals surface area (Å²) in [5.74, 6) is -0.455. The largest absolute Gasteiger partial charge is 0.459 e. The van der Waals surface area contributed by atoms with Gasteiger partial charge in [0.1, 0.15) is 11.6 Å². The normalized spacial score (nSPS) is 26.8. The van der Waals surface area contributed by atoms with Gasteiger partial charge in [0, 0.05) is 6.54 Å². The van der Waals surface area contributed by atoms with E-state index in [1.807, 2.05) is 0 Å². The van der Waals surface area contributed by atoms with Gasteiger partial charge in [-0.2, -0.15) is 0 Å². The van der Waals surface area contributed by atoms with Gasteiger partial charge in [0.2, 0.25) is 0 Å². The van der Waals surface area contributed by atoms with E-state index >= 15 is 0 Å². The Morgan fingerprint density at radius 1 is 1.44 bits per heavy atom. The number of nitrogens with one attached hydrogen (secondary N) is 1. The van der Waals surface area contributed by atoms with Gasteiger partial charge in [0.05, 0.1) is 5.66 Å². The first kappa shape index (κ1) is 13.6. The Bertz CT molecular complexity index is 318. The molecule has 0 saturated carbocycles. The van der Waals surface area contributed by atoms with Gasteiger partial charge in [-0.25, -0.2) is 0 Å². The molecule has 0 spiro atoms. The van der Waals surface area contributed by atoms with Crippen LogP contribution in [0.1, 0.15) is 27.2 Å². The average molecular weight is 251 g/mol. The van der Waals surface area contributed by atoms with Crippen LogP contribution in [0.25, 0.3) is 0 Å². The van der Waals surface area contributed by atoms with Crippen LogP contribution in [-0.2, 0) is 14.1 Å². The topological polar surface area (TPSA) is 95.9 Å². The highest BCUT2D eigenvalue weighted by Gasteiger charge is 2.40. The summed E-state index contributed by atoms with van der Waals surface area (Å²) in [7, 11) is -4.11. The third-order valence-corrected chi connectivity index (χ3v) is 3.62. The molecule has 1 rings (SSSR count). The Morgan fingerprint density at radius 2 is 2.00 bits per heavy atom. The molecule has 0 aromatic heterocycles. The zero-order valence-corrected chi connectivity index (χ0v) is 10.5. The molecule has 1 saturated heterocycles. The average Bonchev–Trinajstić information content (AvgIpc) is 2.46. The molecule has 94 valence electrons. The lowest BCUT2D eigenvalue weighted by molar-refractivity contribution is -0.156. The zero-order chi connectivity index (χ0) is 12.6.